The SMILES string of the molecule is CNc1cc(Nc2ncc(Cl)c(Nc3ccccc3S(=O)C(C)C)n2)c(OC)cc1N1CCC(N2CCN(C)CC2)CC1. The number of nitrogens with zero attached hydrogens (tertiary/aromatic N) is 5. The van der Waals surface area contributed by atoms with Gasteiger partial charge in [0.05, 0.1) is 51.8 Å². The number of benzene rings is 2. The minimum Gasteiger partial charge on any atom is -0.494 e. The van der Waals surface area contributed by atoms with Gasteiger partial charge in [-0.1, -0.05) is 37.6 Å². The molecule has 3 N–H and O–H groups in total. The summed E-state index contributed by atoms with van der Waals surface area (Å²) in [5, 5.41) is 10.3. The summed E-state index contributed by atoms with van der Waals surface area (Å²) in [7, 11) is 4.64. The van der Waals surface area contributed by atoms with Crippen molar-refractivity contribution in [3.05, 3.63) is 47.6 Å². The molecule has 43 heavy (non-hydrogen) atoms. The van der Waals surface area contributed by atoms with E-state index in [4.69, 9.17) is 16.3 Å². The Hall–Kier alpha value is -3.12. The Morgan fingerprint density at radius 3 is 2.40 bits per heavy atom. The number of nitrogens with one attached hydrogen (secondary N) is 3. The highest BCUT2D eigenvalue weighted by molar-refractivity contribution is 7.85. The summed E-state index contributed by atoms with van der Waals surface area (Å²) in [4.78, 5) is 17.3. The van der Waals surface area contributed by atoms with E-state index in [0.29, 0.717) is 39.2 Å². The molecule has 2 aliphatic heterocycles. The van der Waals surface area contributed by atoms with Crippen LogP contribution < -0.4 is 25.6 Å². The van der Waals surface area contributed by atoms with Gasteiger partial charge < -0.3 is 30.5 Å². The first kappa shape index (κ1) is 31.3. The van der Waals surface area contributed by atoms with Crippen LogP contribution in [-0.4, -0.2) is 95.7 Å². The number of aromatic nitrogens is 2. The number of anilines is 6. The van der Waals surface area contributed by atoms with Gasteiger partial charge in [-0.3, -0.25) is 9.11 Å². The molecule has 3 aromatic rings. The second kappa shape index (κ2) is 14.1. The Morgan fingerprint density at radius 1 is 1.00 bits per heavy atom. The molecule has 0 radical (unpaired) electrons. The van der Waals surface area contributed by atoms with E-state index in [-0.39, 0.29) is 5.25 Å². The second-order valence-corrected chi connectivity index (χ2v) is 13.7. The molecule has 1 aromatic heterocycles. The molecule has 1 unspecified atom stereocenters. The van der Waals surface area contributed by atoms with Crippen LogP contribution in [-0.2, 0) is 10.8 Å². The number of ether oxygens (including phenoxy) is 1. The molecule has 10 nitrogen and oxygen atoms in total. The van der Waals surface area contributed by atoms with Crippen molar-refractivity contribution in [1.82, 2.24) is 19.8 Å². The van der Waals surface area contributed by atoms with Crippen LogP contribution in [0.4, 0.5) is 34.5 Å². The summed E-state index contributed by atoms with van der Waals surface area (Å²) in [6.07, 6.45) is 3.85. The zero-order chi connectivity index (χ0) is 30.5. The van der Waals surface area contributed by atoms with Crippen LogP contribution in [0.1, 0.15) is 26.7 Å². The minimum absolute atomic E-state index is 0.0267. The zero-order valence-electron chi connectivity index (χ0n) is 25.7. The Kier molecular flexibility index (Phi) is 10.3. The minimum atomic E-state index is -1.18. The number of hydrogen-bond acceptors (Lipinski definition) is 10. The van der Waals surface area contributed by atoms with Crippen LogP contribution in [0.5, 0.6) is 5.75 Å². The summed E-state index contributed by atoms with van der Waals surface area (Å²) in [6.45, 7) is 10.5. The van der Waals surface area contributed by atoms with Gasteiger partial charge in [0.15, 0.2) is 5.82 Å². The molecule has 0 amide bonds. The number of rotatable bonds is 10. The van der Waals surface area contributed by atoms with Crippen LogP contribution in [0, 0.1) is 0 Å². The molecule has 2 fully saturated rings. The highest BCUT2D eigenvalue weighted by Gasteiger charge is 2.28. The van der Waals surface area contributed by atoms with E-state index in [1.54, 1.807) is 13.3 Å². The Balaban J connectivity index is 1.33. The van der Waals surface area contributed by atoms with Gasteiger partial charge in [-0.15, -0.1) is 0 Å². The first-order valence-electron chi connectivity index (χ1n) is 14.9. The molecule has 3 heterocycles. The highest BCUT2D eigenvalue weighted by Crippen LogP contribution is 2.39. The predicted molar refractivity (Wildman–Crippen MR) is 178 cm³/mol. The van der Waals surface area contributed by atoms with Crippen LogP contribution in [0.3, 0.4) is 0 Å². The summed E-state index contributed by atoms with van der Waals surface area (Å²) in [5.74, 6) is 1.47. The molecule has 0 saturated carbocycles. The largest absolute Gasteiger partial charge is 0.494 e. The summed E-state index contributed by atoms with van der Waals surface area (Å²) < 4.78 is 18.7. The number of methoxy groups -OCH3 is 1. The number of piperazine rings is 1. The van der Waals surface area contributed by atoms with Gasteiger partial charge in [0.2, 0.25) is 5.95 Å². The number of para-hydroxylation sites is 1. The Labute approximate surface area is 262 Å². The van der Waals surface area contributed by atoms with Crippen LogP contribution in [0.2, 0.25) is 5.02 Å². The van der Waals surface area contributed by atoms with Crippen LogP contribution in [0.15, 0.2) is 47.5 Å². The lowest BCUT2D eigenvalue weighted by Gasteiger charge is -2.43. The van der Waals surface area contributed by atoms with Crippen molar-refractivity contribution in [2.24, 2.45) is 0 Å². The number of halogens is 1. The van der Waals surface area contributed by atoms with E-state index < -0.39 is 10.8 Å². The maximum atomic E-state index is 12.9. The molecule has 2 saturated heterocycles. The maximum absolute atomic E-state index is 12.9. The lowest BCUT2D eigenvalue weighted by molar-refractivity contribution is 0.0982. The lowest BCUT2D eigenvalue weighted by atomic mass is 10.0. The Bertz CT molecular complexity index is 1420. The van der Waals surface area contributed by atoms with Gasteiger partial charge in [-0.05, 0) is 38.1 Å². The molecular weight excluding hydrogens is 584 g/mol. The van der Waals surface area contributed by atoms with E-state index in [1.807, 2.05) is 51.2 Å². The van der Waals surface area contributed by atoms with Crippen molar-refractivity contribution in [2.75, 3.05) is 81.3 Å². The highest BCUT2D eigenvalue weighted by atomic mass is 35.5. The Morgan fingerprint density at radius 2 is 1.72 bits per heavy atom. The van der Waals surface area contributed by atoms with E-state index in [0.717, 1.165) is 69.2 Å². The number of likely N-dealkylation sites (N-methyl/N-ethyl adjacent to an activating group) is 1. The van der Waals surface area contributed by atoms with Gasteiger partial charge in [-0.2, -0.15) is 4.98 Å². The van der Waals surface area contributed by atoms with Gasteiger partial charge in [0, 0.05) is 63.7 Å². The molecule has 0 aliphatic carbocycles. The second-order valence-electron chi connectivity index (χ2n) is 11.4. The molecular formula is C31H43ClN8O2S. The quantitative estimate of drug-likeness (QED) is 0.271. The van der Waals surface area contributed by atoms with Crippen molar-refractivity contribution in [3.63, 3.8) is 0 Å². The molecule has 2 aromatic carbocycles. The fourth-order valence-electron chi connectivity index (χ4n) is 5.72. The van der Waals surface area contributed by atoms with E-state index in [1.165, 1.54) is 0 Å². The summed E-state index contributed by atoms with van der Waals surface area (Å²) in [6, 6.07) is 12.2. The van der Waals surface area contributed by atoms with Crippen molar-refractivity contribution >= 4 is 56.9 Å². The topological polar surface area (TPSA) is 97.9 Å². The average Bonchev–Trinajstić information content (AvgIpc) is 3.02. The normalized spacial score (nSPS) is 17.6. The molecule has 232 valence electrons. The van der Waals surface area contributed by atoms with E-state index >= 15 is 0 Å². The average molecular weight is 627 g/mol. The van der Waals surface area contributed by atoms with Crippen LogP contribution in [0.25, 0.3) is 0 Å². The molecule has 0 spiro atoms. The first-order valence-corrected chi connectivity index (χ1v) is 16.5. The third-order valence-corrected chi connectivity index (χ3v) is 10.1. The fourth-order valence-corrected chi connectivity index (χ4v) is 6.91. The van der Waals surface area contributed by atoms with E-state index in [2.05, 4.69) is 53.7 Å². The zero-order valence-corrected chi connectivity index (χ0v) is 27.3. The third kappa shape index (κ3) is 7.34. The third-order valence-electron chi connectivity index (χ3n) is 8.22. The molecule has 1 atom stereocenters. The van der Waals surface area contributed by atoms with Gasteiger partial charge >= 0.3 is 0 Å². The van der Waals surface area contributed by atoms with Gasteiger partial charge in [0.1, 0.15) is 10.8 Å². The molecule has 2 aliphatic rings. The summed E-state index contributed by atoms with van der Waals surface area (Å²) in [5.41, 5.74) is 3.55. The number of piperidine rings is 1. The van der Waals surface area contributed by atoms with Gasteiger partial charge in [-0.25, -0.2) is 4.98 Å². The standard InChI is InChI=1S/C31H43ClN8O2S/c1-21(2)43(41)29-9-7-6-8-24(29)35-30-23(32)20-34-31(37-30)36-26-18-25(33-3)27(19-28(26)42-5)40-12-10-22(11-13-40)39-16-14-38(4)15-17-39/h6-9,18-22,33H,10-17H2,1-5H3,(H2,34,35,36,37). The molecule has 12 heteroatoms. The number of hydrogen-bond donors (Lipinski definition) is 3. The van der Waals surface area contributed by atoms with Crippen molar-refractivity contribution in [2.45, 2.75) is 42.9 Å². The fraction of sp³-hybridized carbons (Fsp3) is 0.484. The van der Waals surface area contributed by atoms with Crippen molar-refractivity contribution in [1.29, 1.82) is 0 Å². The monoisotopic (exact) mass is 626 g/mol. The maximum Gasteiger partial charge on any atom is 0.229 e. The predicted octanol–water partition coefficient (Wildman–Crippen LogP) is 5.40. The van der Waals surface area contributed by atoms with Crippen LogP contribution >= 0.6 is 11.6 Å². The lowest BCUT2D eigenvalue weighted by Crippen LogP contribution is -2.52. The van der Waals surface area contributed by atoms with Crippen molar-refractivity contribution in [3.8, 4) is 5.75 Å². The first-order chi connectivity index (χ1) is 20.8. The summed E-state index contributed by atoms with van der Waals surface area (Å²) >= 11 is 6.49. The molecule has 5 rings (SSSR count). The van der Waals surface area contributed by atoms with E-state index in [9.17, 15) is 4.21 Å². The van der Waals surface area contributed by atoms with Gasteiger partial charge in [0.25, 0.3) is 0 Å². The van der Waals surface area contributed by atoms with Crippen molar-refractivity contribution < 1.29 is 8.95 Å². The molecule has 0 bridgehead atoms. The smallest absolute Gasteiger partial charge is 0.229 e.